The fourth-order valence-electron chi connectivity index (χ4n) is 2.71. The van der Waals surface area contributed by atoms with E-state index in [1.165, 1.54) is 7.11 Å². The Morgan fingerprint density at radius 1 is 0.923 bits per heavy atom. The van der Waals surface area contributed by atoms with Crippen LogP contribution in [0.5, 0.6) is 0 Å². The van der Waals surface area contributed by atoms with Crippen LogP contribution in [-0.2, 0) is 9.53 Å². The molecule has 0 aliphatic carbocycles. The monoisotopic (exact) mass is 345 g/mol. The van der Waals surface area contributed by atoms with Crippen molar-refractivity contribution in [3.63, 3.8) is 0 Å². The quantitative estimate of drug-likeness (QED) is 0.552. The molecule has 0 aliphatic heterocycles. The maximum atomic E-state index is 12.5. The number of ether oxygens (including phenoxy) is 1. The fraction of sp³-hybridized carbons (Fsp3) is 0.0909. The van der Waals surface area contributed by atoms with E-state index < -0.39 is 5.97 Å². The van der Waals surface area contributed by atoms with Crippen LogP contribution in [0.4, 0.5) is 5.69 Å². The zero-order valence-corrected chi connectivity index (χ0v) is 14.7. The van der Waals surface area contributed by atoms with Crippen LogP contribution in [0, 0.1) is 0 Å². The highest BCUT2D eigenvalue weighted by Crippen LogP contribution is 2.20. The number of hydrogen-bond acceptors (Lipinski definition) is 3. The van der Waals surface area contributed by atoms with Gasteiger partial charge in [0.15, 0.2) is 0 Å². The van der Waals surface area contributed by atoms with Crippen LogP contribution >= 0.6 is 0 Å². The lowest BCUT2D eigenvalue weighted by molar-refractivity contribution is -0.112. The highest BCUT2D eigenvalue weighted by Gasteiger charge is 2.14. The Kier molecular flexibility index (Phi) is 5.13. The molecule has 0 saturated heterocycles. The van der Waals surface area contributed by atoms with Gasteiger partial charge in [0, 0.05) is 5.57 Å². The van der Waals surface area contributed by atoms with Gasteiger partial charge in [0.1, 0.15) is 0 Å². The van der Waals surface area contributed by atoms with Crippen molar-refractivity contribution in [2.45, 2.75) is 6.92 Å². The molecule has 3 aromatic rings. The molecule has 4 nitrogen and oxygen atoms in total. The minimum absolute atomic E-state index is 0.269. The smallest absolute Gasteiger partial charge is 0.339 e. The number of carbonyl (C=O) groups is 2. The van der Waals surface area contributed by atoms with Gasteiger partial charge in [-0.05, 0) is 47.5 Å². The molecule has 0 aromatic heterocycles. The molecule has 0 unspecified atom stereocenters. The molecule has 0 spiro atoms. The first-order valence-corrected chi connectivity index (χ1v) is 8.24. The summed E-state index contributed by atoms with van der Waals surface area (Å²) >= 11 is 0. The molecule has 4 heteroatoms. The van der Waals surface area contributed by atoms with Crippen molar-refractivity contribution in [3.05, 3.63) is 83.4 Å². The number of rotatable bonds is 4. The van der Waals surface area contributed by atoms with Gasteiger partial charge < -0.3 is 10.1 Å². The lowest BCUT2D eigenvalue weighted by Gasteiger charge is -2.10. The third-order valence-corrected chi connectivity index (χ3v) is 4.10. The number of anilines is 1. The number of nitrogens with one attached hydrogen (secondary N) is 1. The van der Waals surface area contributed by atoms with Gasteiger partial charge in [0.25, 0.3) is 5.91 Å². The number of amides is 1. The molecule has 0 radical (unpaired) electrons. The van der Waals surface area contributed by atoms with E-state index in [0.717, 1.165) is 16.3 Å². The Labute approximate surface area is 152 Å². The van der Waals surface area contributed by atoms with E-state index in [4.69, 9.17) is 4.74 Å². The Hall–Kier alpha value is -3.40. The third kappa shape index (κ3) is 3.81. The molecule has 0 heterocycles. The lowest BCUT2D eigenvalue weighted by atomic mass is 10.1. The predicted molar refractivity (Wildman–Crippen MR) is 104 cm³/mol. The predicted octanol–water partition coefficient (Wildman–Crippen LogP) is 4.67. The van der Waals surface area contributed by atoms with Crippen LogP contribution in [0.25, 0.3) is 16.8 Å². The average Bonchev–Trinajstić information content (AvgIpc) is 2.67. The van der Waals surface area contributed by atoms with E-state index in [0.29, 0.717) is 16.8 Å². The maximum Gasteiger partial charge on any atom is 0.339 e. The molecule has 0 atom stereocenters. The second-order valence-corrected chi connectivity index (χ2v) is 5.93. The van der Waals surface area contributed by atoms with Gasteiger partial charge in [0.2, 0.25) is 0 Å². The summed E-state index contributed by atoms with van der Waals surface area (Å²) in [6.45, 7) is 1.74. The van der Waals surface area contributed by atoms with Gasteiger partial charge in [0.05, 0.1) is 18.4 Å². The molecule has 1 N–H and O–H groups in total. The summed E-state index contributed by atoms with van der Waals surface area (Å²) in [6.07, 6.45) is 1.82. The van der Waals surface area contributed by atoms with Crippen LogP contribution in [-0.4, -0.2) is 19.0 Å². The number of methoxy groups -OCH3 is 1. The molecule has 0 bridgehead atoms. The number of benzene rings is 3. The molecule has 3 rings (SSSR count). The zero-order valence-electron chi connectivity index (χ0n) is 14.7. The van der Waals surface area contributed by atoms with Crippen LogP contribution in [0.2, 0.25) is 0 Å². The standard InChI is InChI=1S/C22H19NO3/c1-15(13-16-11-12-17-7-3-4-8-18(17)14-16)21(24)23-20-10-6-5-9-19(20)22(25)26-2/h3-14H,1-2H3,(H,23,24). The molecule has 0 aliphatic rings. The molecular formula is C22H19NO3. The van der Waals surface area contributed by atoms with E-state index >= 15 is 0 Å². The number of carbonyl (C=O) groups excluding carboxylic acids is 2. The molecule has 26 heavy (non-hydrogen) atoms. The van der Waals surface area contributed by atoms with Gasteiger partial charge in [-0.15, -0.1) is 0 Å². The molecule has 130 valence electrons. The van der Waals surface area contributed by atoms with Gasteiger partial charge in [-0.2, -0.15) is 0 Å². The molecule has 0 saturated carbocycles. The van der Waals surface area contributed by atoms with Crippen molar-refractivity contribution in [2.24, 2.45) is 0 Å². The van der Waals surface area contributed by atoms with Crippen molar-refractivity contribution in [3.8, 4) is 0 Å². The summed E-state index contributed by atoms with van der Waals surface area (Å²) in [5.41, 5.74) is 2.23. The first kappa shape index (κ1) is 17.4. The van der Waals surface area contributed by atoms with E-state index in [-0.39, 0.29) is 5.91 Å². The molecule has 3 aromatic carbocycles. The lowest BCUT2D eigenvalue weighted by Crippen LogP contribution is -2.15. The largest absolute Gasteiger partial charge is 0.465 e. The summed E-state index contributed by atoms with van der Waals surface area (Å²) in [6, 6.07) is 20.9. The third-order valence-electron chi connectivity index (χ3n) is 4.10. The fourth-order valence-corrected chi connectivity index (χ4v) is 2.71. The second-order valence-electron chi connectivity index (χ2n) is 5.93. The van der Waals surface area contributed by atoms with Crippen molar-refractivity contribution in [1.29, 1.82) is 0 Å². The zero-order chi connectivity index (χ0) is 18.5. The Bertz CT molecular complexity index is 1000. The Balaban J connectivity index is 1.83. The topological polar surface area (TPSA) is 55.4 Å². The minimum Gasteiger partial charge on any atom is -0.465 e. The number of esters is 1. The van der Waals surface area contributed by atoms with Crippen LogP contribution < -0.4 is 5.32 Å². The minimum atomic E-state index is -0.489. The summed E-state index contributed by atoms with van der Waals surface area (Å²) in [5.74, 6) is -0.758. The highest BCUT2D eigenvalue weighted by molar-refractivity contribution is 6.09. The average molecular weight is 345 g/mol. The molecule has 1 amide bonds. The van der Waals surface area contributed by atoms with Crippen molar-refractivity contribution < 1.29 is 14.3 Å². The first-order valence-electron chi connectivity index (χ1n) is 8.24. The number of hydrogen-bond donors (Lipinski definition) is 1. The number of fused-ring (bicyclic) bond motifs is 1. The van der Waals surface area contributed by atoms with E-state index in [2.05, 4.69) is 5.32 Å². The maximum absolute atomic E-state index is 12.5. The SMILES string of the molecule is COC(=O)c1ccccc1NC(=O)C(C)=Cc1ccc2ccccc2c1. The van der Waals surface area contributed by atoms with Gasteiger partial charge in [-0.3, -0.25) is 4.79 Å². The van der Waals surface area contributed by atoms with E-state index in [9.17, 15) is 9.59 Å². The molecular weight excluding hydrogens is 326 g/mol. The van der Waals surface area contributed by atoms with Crippen molar-refractivity contribution in [2.75, 3.05) is 12.4 Å². The Morgan fingerprint density at radius 3 is 2.38 bits per heavy atom. The van der Waals surface area contributed by atoms with Crippen LogP contribution in [0.15, 0.2) is 72.3 Å². The van der Waals surface area contributed by atoms with Crippen molar-refractivity contribution in [1.82, 2.24) is 0 Å². The van der Waals surface area contributed by atoms with E-state index in [1.807, 2.05) is 48.5 Å². The summed E-state index contributed by atoms with van der Waals surface area (Å²) < 4.78 is 4.75. The summed E-state index contributed by atoms with van der Waals surface area (Å²) in [4.78, 5) is 24.3. The van der Waals surface area contributed by atoms with Crippen LogP contribution in [0.3, 0.4) is 0 Å². The molecule has 0 fully saturated rings. The number of para-hydroxylation sites is 1. The van der Waals surface area contributed by atoms with Crippen LogP contribution in [0.1, 0.15) is 22.8 Å². The van der Waals surface area contributed by atoms with Gasteiger partial charge >= 0.3 is 5.97 Å². The normalized spacial score (nSPS) is 11.2. The van der Waals surface area contributed by atoms with Gasteiger partial charge in [-0.25, -0.2) is 4.79 Å². The first-order chi connectivity index (χ1) is 12.6. The summed E-state index contributed by atoms with van der Waals surface area (Å²) in [5, 5.41) is 5.04. The second kappa shape index (κ2) is 7.66. The summed E-state index contributed by atoms with van der Waals surface area (Å²) in [7, 11) is 1.31. The van der Waals surface area contributed by atoms with E-state index in [1.54, 1.807) is 31.2 Å². The van der Waals surface area contributed by atoms with Crippen molar-refractivity contribution >= 4 is 34.4 Å². The Morgan fingerprint density at radius 2 is 1.62 bits per heavy atom. The highest BCUT2D eigenvalue weighted by atomic mass is 16.5. The van der Waals surface area contributed by atoms with Gasteiger partial charge in [-0.1, -0.05) is 48.5 Å².